The molecule has 2 aromatic rings. The molecule has 1 amide bonds. The number of nitrogens with two attached hydrogens (primary N) is 1. The first-order chi connectivity index (χ1) is 11.1. The van der Waals surface area contributed by atoms with Crippen molar-refractivity contribution in [2.75, 3.05) is 31.9 Å². The summed E-state index contributed by atoms with van der Waals surface area (Å²) >= 11 is 5.96. The van der Waals surface area contributed by atoms with Crippen molar-refractivity contribution in [1.29, 1.82) is 0 Å². The van der Waals surface area contributed by atoms with Gasteiger partial charge in [-0.15, -0.1) is 12.4 Å². The Bertz CT molecular complexity index is 700. The number of piperazine rings is 1. The summed E-state index contributed by atoms with van der Waals surface area (Å²) in [5, 5.41) is 0.594. The van der Waals surface area contributed by atoms with E-state index in [2.05, 4.69) is 11.0 Å². The molecule has 0 aliphatic carbocycles. The highest BCUT2D eigenvalue weighted by molar-refractivity contribution is 6.30. The number of nitrogens with zero attached hydrogens (tertiary/aromatic N) is 2. The Morgan fingerprint density at radius 2 is 1.75 bits per heavy atom. The van der Waals surface area contributed by atoms with Gasteiger partial charge in [-0.2, -0.15) is 0 Å². The molecule has 1 aliphatic rings. The van der Waals surface area contributed by atoms with Crippen LogP contribution in [0.1, 0.15) is 15.9 Å². The summed E-state index contributed by atoms with van der Waals surface area (Å²) in [4.78, 5) is 16.7. The fourth-order valence-electron chi connectivity index (χ4n) is 2.86. The maximum absolute atomic E-state index is 12.5. The molecule has 0 spiro atoms. The predicted octanol–water partition coefficient (Wildman–Crippen LogP) is 3.30. The average Bonchev–Trinajstić information content (AvgIpc) is 2.55. The van der Waals surface area contributed by atoms with Crippen molar-refractivity contribution in [3.63, 3.8) is 0 Å². The second-order valence-electron chi connectivity index (χ2n) is 5.82. The van der Waals surface area contributed by atoms with Gasteiger partial charge in [0.25, 0.3) is 5.91 Å². The highest BCUT2D eigenvalue weighted by atomic mass is 35.5. The van der Waals surface area contributed by atoms with E-state index in [1.54, 1.807) is 12.1 Å². The quantitative estimate of drug-likeness (QED) is 0.848. The second kappa shape index (κ2) is 8.38. The molecule has 0 aromatic heterocycles. The summed E-state index contributed by atoms with van der Waals surface area (Å²) in [6.45, 7) is 4.05. The van der Waals surface area contributed by atoms with Gasteiger partial charge in [-0.1, -0.05) is 29.8 Å². The molecule has 1 fully saturated rings. The lowest BCUT2D eigenvalue weighted by atomic mass is 10.1. The first kappa shape index (κ1) is 18.6. The Labute approximate surface area is 153 Å². The van der Waals surface area contributed by atoms with Crippen molar-refractivity contribution in [2.24, 2.45) is 0 Å². The van der Waals surface area contributed by atoms with Crippen LogP contribution >= 0.6 is 24.0 Å². The van der Waals surface area contributed by atoms with E-state index < -0.39 is 0 Å². The minimum Gasteiger partial charge on any atom is -0.399 e. The van der Waals surface area contributed by atoms with E-state index in [0.29, 0.717) is 10.6 Å². The molecule has 0 bridgehead atoms. The number of carbonyl (C=O) groups excluding carboxylic acids is 1. The van der Waals surface area contributed by atoms with E-state index in [9.17, 15) is 4.79 Å². The molecule has 3 rings (SSSR count). The van der Waals surface area contributed by atoms with Crippen LogP contribution in [0.3, 0.4) is 0 Å². The van der Waals surface area contributed by atoms with E-state index in [-0.39, 0.29) is 18.3 Å². The van der Waals surface area contributed by atoms with Crippen molar-refractivity contribution in [3.8, 4) is 0 Å². The summed E-state index contributed by atoms with van der Waals surface area (Å²) < 4.78 is 0. The fraction of sp³-hybridized carbons (Fsp3) is 0.278. The number of nitrogen functional groups attached to an aromatic ring is 1. The largest absolute Gasteiger partial charge is 0.399 e. The number of hydrogen-bond acceptors (Lipinski definition) is 3. The molecule has 2 N–H and O–H groups in total. The van der Waals surface area contributed by atoms with Gasteiger partial charge in [-0.3, -0.25) is 9.69 Å². The molecule has 6 heteroatoms. The molecule has 4 nitrogen and oxygen atoms in total. The van der Waals surface area contributed by atoms with Gasteiger partial charge in [0.1, 0.15) is 0 Å². The monoisotopic (exact) mass is 365 g/mol. The minimum absolute atomic E-state index is 0. The Morgan fingerprint density at radius 1 is 1.04 bits per heavy atom. The summed E-state index contributed by atoms with van der Waals surface area (Å²) in [6.07, 6.45) is 0. The van der Waals surface area contributed by atoms with Crippen LogP contribution in [0.2, 0.25) is 5.02 Å². The van der Waals surface area contributed by atoms with Crippen LogP contribution in [0, 0.1) is 0 Å². The molecule has 0 atom stereocenters. The number of hydrogen-bond donors (Lipinski definition) is 1. The van der Waals surface area contributed by atoms with Crippen LogP contribution in [0.4, 0.5) is 5.69 Å². The van der Waals surface area contributed by atoms with Crippen LogP contribution in [0.25, 0.3) is 0 Å². The van der Waals surface area contributed by atoms with Gasteiger partial charge >= 0.3 is 0 Å². The van der Waals surface area contributed by atoms with Gasteiger partial charge in [0.2, 0.25) is 0 Å². The van der Waals surface area contributed by atoms with Crippen LogP contribution in [0.5, 0.6) is 0 Å². The Kier molecular flexibility index (Phi) is 6.49. The Morgan fingerprint density at radius 3 is 2.42 bits per heavy atom. The zero-order valence-corrected chi connectivity index (χ0v) is 14.9. The zero-order valence-electron chi connectivity index (χ0n) is 13.3. The van der Waals surface area contributed by atoms with Crippen LogP contribution in [-0.2, 0) is 6.54 Å². The van der Waals surface area contributed by atoms with Gasteiger partial charge in [0, 0.05) is 49.0 Å². The summed E-state index contributed by atoms with van der Waals surface area (Å²) in [5.41, 5.74) is 8.47. The number of anilines is 1. The summed E-state index contributed by atoms with van der Waals surface area (Å²) in [7, 11) is 0. The van der Waals surface area contributed by atoms with Gasteiger partial charge < -0.3 is 10.6 Å². The second-order valence-corrected chi connectivity index (χ2v) is 6.26. The third-order valence-corrected chi connectivity index (χ3v) is 4.32. The molecule has 24 heavy (non-hydrogen) atoms. The third kappa shape index (κ3) is 4.63. The van der Waals surface area contributed by atoms with Crippen molar-refractivity contribution in [3.05, 3.63) is 64.7 Å². The van der Waals surface area contributed by atoms with Crippen molar-refractivity contribution in [2.45, 2.75) is 6.54 Å². The molecule has 1 heterocycles. The lowest BCUT2D eigenvalue weighted by molar-refractivity contribution is 0.0628. The van der Waals surface area contributed by atoms with Crippen molar-refractivity contribution in [1.82, 2.24) is 9.80 Å². The number of amides is 1. The molecule has 0 saturated carbocycles. The maximum Gasteiger partial charge on any atom is 0.253 e. The first-order valence-electron chi connectivity index (χ1n) is 7.73. The lowest BCUT2D eigenvalue weighted by Crippen LogP contribution is -2.48. The van der Waals surface area contributed by atoms with Crippen LogP contribution in [0.15, 0.2) is 48.5 Å². The number of rotatable bonds is 3. The number of benzene rings is 2. The smallest absolute Gasteiger partial charge is 0.253 e. The van der Waals surface area contributed by atoms with E-state index in [4.69, 9.17) is 17.3 Å². The minimum atomic E-state index is 0. The van der Waals surface area contributed by atoms with E-state index in [0.717, 1.165) is 38.4 Å². The summed E-state index contributed by atoms with van der Waals surface area (Å²) in [6, 6.07) is 15.1. The molecule has 2 aromatic carbocycles. The fourth-order valence-corrected chi connectivity index (χ4v) is 3.05. The maximum atomic E-state index is 12.5. The first-order valence-corrected chi connectivity index (χ1v) is 8.11. The van der Waals surface area contributed by atoms with Crippen LogP contribution in [-0.4, -0.2) is 41.9 Å². The van der Waals surface area contributed by atoms with Crippen molar-refractivity contribution >= 4 is 35.6 Å². The normalized spacial score (nSPS) is 15.0. The summed E-state index contributed by atoms with van der Waals surface area (Å²) in [5.74, 6) is 0.0519. The van der Waals surface area contributed by atoms with Gasteiger partial charge in [-0.05, 0) is 35.9 Å². The number of carbonyl (C=O) groups is 1. The van der Waals surface area contributed by atoms with Gasteiger partial charge in [0.05, 0.1) is 0 Å². The molecule has 0 radical (unpaired) electrons. The molecular weight excluding hydrogens is 345 g/mol. The molecule has 1 aliphatic heterocycles. The van der Waals surface area contributed by atoms with E-state index >= 15 is 0 Å². The van der Waals surface area contributed by atoms with E-state index in [1.807, 2.05) is 35.2 Å². The molecule has 1 saturated heterocycles. The third-order valence-electron chi connectivity index (χ3n) is 4.09. The topological polar surface area (TPSA) is 49.6 Å². The molecule has 128 valence electrons. The van der Waals surface area contributed by atoms with Gasteiger partial charge in [-0.25, -0.2) is 0 Å². The predicted molar refractivity (Wildman–Crippen MR) is 101 cm³/mol. The average molecular weight is 366 g/mol. The van der Waals surface area contributed by atoms with E-state index in [1.165, 1.54) is 5.56 Å². The molecular formula is C18H21Cl2N3O. The molecule has 0 unspecified atom stereocenters. The van der Waals surface area contributed by atoms with Crippen molar-refractivity contribution < 1.29 is 4.79 Å². The number of halogens is 2. The SMILES string of the molecule is Cl.Nc1cccc(CN2CCN(C(=O)c3cccc(Cl)c3)CC2)c1. The highest BCUT2D eigenvalue weighted by Gasteiger charge is 2.22. The van der Waals surface area contributed by atoms with Crippen LogP contribution < -0.4 is 5.73 Å². The lowest BCUT2D eigenvalue weighted by Gasteiger charge is -2.34. The Balaban J connectivity index is 0.00000208. The zero-order chi connectivity index (χ0) is 16.2. The van der Waals surface area contributed by atoms with Gasteiger partial charge in [0.15, 0.2) is 0 Å². The standard InChI is InChI=1S/C18H20ClN3O.ClH/c19-16-5-2-4-15(12-16)18(23)22-9-7-21(8-10-22)13-14-3-1-6-17(20)11-14;/h1-6,11-12H,7-10,13,20H2;1H. The highest BCUT2D eigenvalue weighted by Crippen LogP contribution is 2.15. The Hall–Kier alpha value is -1.75.